The molecule has 0 fully saturated rings. The maximum absolute atomic E-state index is 11.7. The number of ether oxygens (including phenoxy) is 1. The van der Waals surface area contributed by atoms with E-state index in [1.54, 1.807) is 27.8 Å². The zero-order chi connectivity index (χ0) is 12.8. The van der Waals surface area contributed by atoms with Crippen LogP contribution in [0.3, 0.4) is 0 Å². The summed E-state index contributed by atoms with van der Waals surface area (Å²) in [6, 6.07) is 0. The molecule has 0 aliphatic rings. The summed E-state index contributed by atoms with van der Waals surface area (Å²) in [4.78, 5) is 24.2. The van der Waals surface area contributed by atoms with Gasteiger partial charge < -0.3 is 15.8 Å². The maximum atomic E-state index is 11.7. The van der Waals surface area contributed by atoms with E-state index < -0.39 is 11.7 Å². The van der Waals surface area contributed by atoms with Gasteiger partial charge in [0.05, 0.1) is 6.54 Å². The lowest BCUT2D eigenvalue weighted by molar-refractivity contribution is -0.129. The Labute approximate surface area is 96.1 Å². The highest BCUT2D eigenvalue weighted by atomic mass is 16.6. The standard InChI is InChI=1S/C10H21N3O3/c1-10(2,3)16-9(15)13(6-5-11)8(14)7-12-4/h12H,5-7,11H2,1-4H3. The molecule has 0 heterocycles. The van der Waals surface area contributed by atoms with Crippen LogP contribution < -0.4 is 11.1 Å². The van der Waals surface area contributed by atoms with Crippen molar-refractivity contribution in [2.24, 2.45) is 5.73 Å². The zero-order valence-electron chi connectivity index (χ0n) is 10.4. The van der Waals surface area contributed by atoms with E-state index >= 15 is 0 Å². The third-order valence-corrected chi connectivity index (χ3v) is 1.60. The van der Waals surface area contributed by atoms with Gasteiger partial charge in [-0.1, -0.05) is 0 Å². The fourth-order valence-corrected chi connectivity index (χ4v) is 1.01. The van der Waals surface area contributed by atoms with Crippen LogP contribution in [0.2, 0.25) is 0 Å². The number of carbonyl (C=O) groups excluding carboxylic acids is 2. The Bertz CT molecular complexity index is 248. The number of hydrogen-bond donors (Lipinski definition) is 2. The normalized spacial score (nSPS) is 11.1. The maximum Gasteiger partial charge on any atom is 0.417 e. The minimum Gasteiger partial charge on any atom is -0.443 e. The monoisotopic (exact) mass is 231 g/mol. The highest BCUT2D eigenvalue weighted by molar-refractivity contribution is 5.93. The number of hydrogen-bond acceptors (Lipinski definition) is 5. The number of nitrogens with two attached hydrogens (primary N) is 1. The van der Waals surface area contributed by atoms with Crippen molar-refractivity contribution in [1.29, 1.82) is 0 Å². The second-order valence-electron chi connectivity index (χ2n) is 4.34. The van der Waals surface area contributed by atoms with Crippen LogP contribution in [-0.2, 0) is 9.53 Å². The molecule has 94 valence electrons. The Kier molecular flexibility index (Phi) is 5.98. The summed E-state index contributed by atoms with van der Waals surface area (Å²) in [5.41, 5.74) is 4.72. The number of likely N-dealkylation sites (N-methyl/N-ethyl adjacent to an activating group) is 1. The summed E-state index contributed by atoms with van der Waals surface area (Å²) in [7, 11) is 1.63. The number of imide groups is 1. The molecule has 0 spiro atoms. The number of rotatable bonds is 4. The Morgan fingerprint density at radius 2 is 1.94 bits per heavy atom. The van der Waals surface area contributed by atoms with Gasteiger partial charge in [-0.25, -0.2) is 9.69 Å². The van der Waals surface area contributed by atoms with E-state index in [0.29, 0.717) is 0 Å². The first-order valence-corrected chi connectivity index (χ1v) is 5.20. The minimum atomic E-state index is -0.654. The van der Waals surface area contributed by atoms with Crippen LogP contribution in [0, 0.1) is 0 Å². The number of amides is 2. The van der Waals surface area contributed by atoms with Crippen molar-refractivity contribution in [1.82, 2.24) is 10.2 Å². The molecule has 0 aromatic heterocycles. The van der Waals surface area contributed by atoms with Crippen molar-refractivity contribution in [3.05, 3.63) is 0 Å². The molecule has 6 heteroatoms. The molecule has 0 atom stereocenters. The lowest BCUT2D eigenvalue weighted by atomic mass is 10.2. The van der Waals surface area contributed by atoms with E-state index in [4.69, 9.17) is 10.5 Å². The average Bonchev–Trinajstić information content (AvgIpc) is 2.11. The highest BCUT2D eigenvalue weighted by Crippen LogP contribution is 2.09. The Hall–Kier alpha value is -1.14. The molecule has 0 aliphatic carbocycles. The molecule has 0 radical (unpaired) electrons. The van der Waals surface area contributed by atoms with E-state index in [-0.39, 0.29) is 25.5 Å². The molecule has 0 aromatic carbocycles. The van der Waals surface area contributed by atoms with Crippen molar-refractivity contribution in [3.8, 4) is 0 Å². The van der Waals surface area contributed by atoms with Gasteiger partial charge >= 0.3 is 6.09 Å². The summed E-state index contributed by atoms with van der Waals surface area (Å²) in [5, 5.41) is 2.68. The number of nitrogens with one attached hydrogen (secondary N) is 1. The van der Waals surface area contributed by atoms with Gasteiger partial charge in [-0.15, -0.1) is 0 Å². The van der Waals surface area contributed by atoms with Crippen molar-refractivity contribution in [2.75, 3.05) is 26.7 Å². The quantitative estimate of drug-likeness (QED) is 0.707. The Balaban J connectivity index is 4.52. The number of nitrogens with zero attached hydrogens (tertiary/aromatic N) is 1. The molecule has 0 bridgehead atoms. The first-order valence-electron chi connectivity index (χ1n) is 5.20. The summed E-state index contributed by atoms with van der Waals surface area (Å²) in [5.74, 6) is -0.345. The predicted molar refractivity (Wildman–Crippen MR) is 60.9 cm³/mol. The van der Waals surface area contributed by atoms with Gasteiger partial charge in [-0.3, -0.25) is 4.79 Å². The summed E-state index contributed by atoms with van der Waals surface area (Å²) < 4.78 is 5.10. The molecule has 16 heavy (non-hydrogen) atoms. The van der Waals surface area contributed by atoms with E-state index in [2.05, 4.69) is 5.32 Å². The molecule has 0 unspecified atom stereocenters. The van der Waals surface area contributed by atoms with Crippen LogP contribution in [-0.4, -0.2) is 49.2 Å². The van der Waals surface area contributed by atoms with Gasteiger partial charge in [-0.2, -0.15) is 0 Å². The highest BCUT2D eigenvalue weighted by Gasteiger charge is 2.25. The van der Waals surface area contributed by atoms with Crippen molar-refractivity contribution >= 4 is 12.0 Å². The molecule has 2 amide bonds. The lowest BCUT2D eigenvalue weighted by Crippen LogP contribution is -2.46. The lowest BCUT2D eigenvalue weighted by Gasteiger charge is -2.25. The Morgan fingerprint density at radius 1 is 1.38 bits per heavy atom. The van der Waals surface area contributed by atoms with Gasteiger partial charge in [0.1, 0.15) is 5.60 Å². The third-order valence-electron chi connectivity index (χ3n) is 1.60. The van der Waals surface area contributed by atoms with Crippen LogP contribution in [0.4, 0.5) is 4.79 Å². The molecular formula is C10H21N3O3. The van der Waals surface area contributed by atoms with Crippen molar-refractivity contribution in [3.63, 3.8) is 0 Å². The Morgan fingerprint density at radius 3 is 2.31 bits per heavy atom. The van der Waals surface area contributed by atoms with E-state index in [1.165, 1.54) is 0 Å². The summed E-state index contributed by atoms with van der Waals surface area (Å²) in [6.07, 6.45) is -0.654. The topological polar surface area (TPSA) is 84.7 Å². The van der Waals surface area contributed by atoms with E-state index in [9.17, 15) is 9.59 Å². The van der Waals surface area contributed by atoms with Gasteiger partial charge in [0, 0.05) is 13.1 Å². The first kappa shape index (κ1) is 14.9. The second kappa shape index (κ2) is 6.44. The zero-order valence-corrected chi connectivity index (χ0v) is 10.4. The minimum absolute atomic E-state index is 0.0826. The van der Waals surface area contributed by atoms with Crippen molar-refractivity contribution < 1.29 is 14.3 Å². The first-order chi connectivity index (χ1) is 7.31. The molecule has 0 rings (SSSR count). The van der Waals surface area contributed by atoms with Crippen LogP contribution in [0.1, 0.15) is 20.8 Å². The summed E-state index contributed by atoms with van der Waals surface area (Å²) >= 11 is 0. The van der Waals surface area contributed by atoms with Crippen LogP contribution in [0.25, 0.3) is 0 Å². The largest absolute Gasteiger partial charge is 0.443 e. The fourth-order valence-electron chi connectivity index (χ4n) is 1.01. The predicted octanol–water partition coefficient (Wildman–Crippen LogP) is -0.0718. The number of carbonyl (C=O) groups is 2. The summed E-state index contributed by atoms with van der Waals surface area (Å²) in [6.45, 7) is 5.69. The molecule has 0 saturated heterocycles. The molecule has 0 saturated carbocycles. The molecule has 0 aromatic rings. The van der Waals surface area contributed by atoms with E-state index in [1.807, 2.05) is 0 Å². The molecule has 0 aliphatic heterocycles. The fraction of sp³-hybridized carbons (Fsp3) is 0.800. The van der Waals surface area contributed by atoms with Gasteiger partial charge in [0.25, 0.3) is 0 Å². The molecular weight excluding hydrogens is 210 g/mol. The van der Waals surface area contributed by atoms with Crippen molar-refractivity contribution in [2.45, 2.75) is 26.4 Å². The molecule has 6 nitrogen and oxygen atoms in total. The van der Waals surface area contributed by atoms with Gasteiger partial charge in [0.15, 0.2) is 0 Å². The van der Waals surface area contributed by atoms with Crippen LogP contribution in [0.15, 0.2) is 0 Å². The van der Waals surface area contributed by atoms with Crippen LogP contribution >= 0.6 is 0 Å². The third kappa shape index (κ3) is 5.67. The average molecular weight is 231 g/mol. The van der Waals surface area contributed by atoms with Crippen LogP contribution in [0.5, 0.6) is 0 Å². The second-order valence-corrected chi connectivity index (χ2v) is 4.34. The van der Waals surface area contributed by atoms with E-state index in [0.717, 1.165) is 4.90 Å². The van der Waals surface area contributed by atoms with Gasteiger partial charge in [-0.05, 0) is 27.8 Å². The SMILES string of the molecule is CNCC(=O)N(CCN)C(=O)OC(C)(C)C. The van der Waals surface area contributed by atoms with Gasteiger partial charge in [0.2, 0.25) is 5.91 Å². The smallest absolute Gasteiger partial charge is 0.417 e. The molecule has 3 N–H and O–H groups in total.